The lowest BCUT2D eigenvalue weighted by Gasteiger charge is -2.43. The Kier molecular flexibility index (Phi) is 4.58. The molecule has 0 spiro atoms. The maximum atomic E-state index is 12.8. The minimum atomic E-state index is -4.29. The first-order valence-corrected chi connectivity index (χ1v) is 9.79. The van der Waals surface area contributed by atoms with Gasteiger partial charge in [0.15, 0.2) is 0 Å². The predicted molar refractivity (Wildman–Crippen MR) is 103 cm³/mol. The van der Waals surface area contributed by atoms with E-state index in [1.54, 1.807) is 12.1 Å². The smallest absolute Gasteiger partial charge is 0.295 e. The molecule has 1 heterocycles. The Morgan fingerprint density at radius 2 is 1.56 bits per heavy atom. The monoisotopic (exact) mass is 373 g/mol. The number of benzene rings is 2. The zero-order valence-electron chi connectivity index (χ0n) is 15.9. The van der Waals surface area contributed by atoms with E-state index in [4.69, 9.17) is 0 Å². The third-order valence-electron chi connectivity index (χ3n) is 6.19. The van der Waals surface area contributed by atoms with Crippen LogP contribution in [0.1, 0.15) is 56.2 Å². The number of hydrogen-bond acceptors (Lipinski definition) is 1. The summed E-state index contributed by atoms with van der Waals surface area (Å²) < 4.78 is 38.5. The van der Waals surface area contributed by atoms with E-state index in [9.17, 15) is 13.2 Å². The van der Waals surface area contributed by atoms with Crippen LogP contribution in [-0.2, 0) is 18.1 Å². The first-order valence-electron chi connectivity index (χ1n) is 9.79. The van der Waals surface area contributed by atoms with Crippen molar-refractivity contribution < 1.29 is 13.2 Å². The van der Waals surface area contributed by atoms with Gasteiger partial charge in [0.25, 0.3) is 0 Å². The number of rotatable bonds is 2. The second-order valence-corrected chi connectivity index (χ2v) is 8.67. The Hall–Kier alpha value is -1.81. The van der Waals surface area contributed by atoms with Gasteiger partial charge in [0.2, 0.25) is 0 Å². The van der Waals surface area contributed by atoms with E-state index in [-0.39, 0.29) is 5.41 Å². The van der Waals surface area contributed by atoms with Crippen molar-refractivity contribution in [2.45, 2.75) is 63.7 Å². The minimum Gasteiger partial charge on any atom is -0.295 e. The summed E-state index contributed by atoms with van der Waals surface area (Å²) in [5.41, 5.74) is 4.00. The van der Waals surface area contributed by atoms with E-state index in [1.807, 2.05) is 0 Å². The van der Waals surface area contributed by atoms with Gasteiger partial charge in [-0.3, -0.25) is 4.90 Å². The third-order valence-corrected chi connectivity index (χ3v) is 6.19. The van der Waals surface area contributed by atoms with Crippen molar-refractivity contribution in [1.29, 1.82) is 0 Å². The van der Waals surface area contributed by atoms with Crippen LogP contribution in [0.2, 0.25) is 0 Å². The molecular formula is C23H26F3N. The Balaban J connectivity index is 1.65. The van der Waals surface area contributed by atoms with Crippen LogP contribution in [0.4, 0.5) is 13.2 Å². The zero-order chi connectivity index (χ0) is 19.2. The van der Waals surface area contributed by atoms with Crippen LogP contribution in [0.25, 0.3) is 11.1 Å². The minimum absolute atomic E-state index is 0.0921. The highest BCUT2D eigenvalue weighted by Gasteiger charge is 2.35. The molecule has 4 heteroatoms. The van der Waals surface area contributed by atoms with E-state index >= 15 is 0 Å². The largest absolute Gasteiger partial charge is 0.416 e. The number of fused-ring (bicyclic) bond motifs is 1. The Morgan fingerprint density at radius 1 is 0.926 bits per heavy atom. The van der Waals surface area contributed by atoms with E-state index < -0.39 is 11.7 Å². The average Bonchev–Trinajstić information content (AvgIpc) is 3.15. The molecule has 0 saturated heterocycles. The summed E-state index contributed by atoms with van der Waals surface area (Å²) in [5, 5.41) is 0. The van der Waals surface area contributed by atoms with E-state index in [2.05, 4.69) is 36.9 Å². The van der Waals surface area contributed by atoms with Crippen LogP contribution >= 0.6 is 0 Å². The maximum Gasteiger partial charge on any atom is 0.416 e. The number of nitrogens with zero attached hydrogens (tertiary/aromatic N) is 1. The van der Waals surface area contributed by atoms with Crippen LogP contribution in [0.3, 0.4) is 0 Å². The van der Waals surface area contributed by atoms with Crippen molar-refractivity contribution in [3.8, 4) is 11.1 Å². The molecule has 1 saturated carbocycles. The van der Waals surface area contributed by atoms with Gasteiger partial charge in [-0.05, 0) is 53.3 Å². The second kappa shape index (κ2) is 6.66. The molecule has 0 unspecified atom stereocenters. The molecule has 2 aliphatic rings. The fourth-order valence-corrected chi connectivity index (χ4v) is 4.81. The molecule has 2 aromatic rings. The molecule has 0 N–H and O–H groups in total. The van der Waals surface area contributed by atoms with Crippen molar-refractivity contribution in [3.05, 3.63) is 59.2 Å². The lowest BCUT2D eigenvalue weighted by Crippen LogP contribution is -2.46. The van der Waals surface area contributed by atoms with E-state index in [0.717, 1.165) is 24.2 Å². The molecule has 0 aromatic heterocycles. The Bertz CT molecular complexity index is 815. The molecule has 1 aliphatic heterocycles. The van der Waals surface area contributed by atoms with Crippen molar-refractivity contribution in [2.24, 2.45) is 0 Å². The van der Waals surface area contributed by atoms with Crippen molar-refractivity contribution in [2.75, 3.05) is 6.54 Å². The zero-order valence-corrected chi connectivity index (χ0v) is 15.9. The summed E-state index contributed by atoms with van der Waals surface area (Å²) in [6.45, 7) is 6.61. The molecule has 1 fully saturated rings. The molecule has 144 valence electrons. The number of halogens is 3. The fourth-order valence-electron chi connectivity index (χ4n) is 4.81. The molecule has 0 amide bonds. The highest BCUT2D eigenvalue weighted by atomic mass is 19.4. The van der Waals surface area contributed by atoms with Crippen molar-refractivity contribution in [1.82, 2.24) is 4.90 Å². The van der Waals surface area contributed by atoms with Gasteiger partial charge in [0, 0.05) is 24.5 Å². The van der Waals surface area contributed by atoms with E-state index in [0.29, 0.717) is 6.04 Å². The van der Waals surface area contributed by atoms with Gasteiger partial charge in [-0.25, -0.2) is 0 Å². The molecule has 0 atom stereocenters. The van der Waals surface area contributed by atoms with Crippen molar-refractivity contribution >= 4 is 0 Å². The molecule has 0 radical (unpaired) electrons. The molecule has 0 bridgehead atoms. The van der Waals surface area contributed by atoms with Gasteiger partial charge < -0.3 is 0 Å². The summed E-state index contributed by atoms with van der Waals surface area (Å²) in [6, 6.07) is 12.6. The molecule has 4 rings (SSSR count). The lowest BCUT2D eigenvalue weighted by atomic mass is 9.77. The predicted octanol–water partition coefficient (Wildman–Crippen LogP) is 6.41. The second-order valence-electron chi connectivity index (χ2n) is 8.67. The summed E-state index contributed by atoms with van der Waals surface area (Å²) in [6.07, 6.45) is 0.911. The molecule has 1 nitrogen and oxygen atoms in total. The van der Waals surface area contributed by atoms with Gasteiger partial charge in [0.05, 0.1) is 5.56 Å². The quantitative estimate of drug-likeness (QED) is 0.588. The molecular weight excluding hydrogens is 347 g/mol. The van der Waals surface area contributed by atoms with Gasteiger partial charge in [-0.1, -0.05) is 51.0 Å². The van der Waals surface area contributed by atoms with Gasteiger partial charge in [-0.2, -0.15) is 13.2 Å². The highest BCUT2D eigenvalue weighted by Crippen LogP contribution is 2.39. The standard InChI is InChI=1S/C23H26F3N/c1-22(2)15-27(20-5-3-4-6-20)14-18-13-17(9-12-21(18)22)16-7-10-19(11-8-16)23(24,25)26/h7-13,20H,3-6,14-15H2,1-2H3. The number of hydrogen-bond donors (Lipinski definition) is 0. The van der Waals surface area contributed by atoms with Gasteiger partial charge in [-0.15, -0.1) is 0 Å². The van der Waals surface area contributed by atoms with Crippen molar-refractivity contribution in [3.63, 3.8) is 0 Å². The first-order chi connectivity index (χ1) is 12.7. The summed E-state index contributed by atoms with van der Waals surface area (Å²) >= 11 is 0. The number of alkyl halides is 3. The normalized spacial score (nSPS) is 20.6. The van der Waals surface area contributed by atoms with Crippen LogP contribution in [0.15, 0.2) is 42.5 Å². The lowest BCUT2D eigenvalue weighted by molar-refractivity contribution is -0.137. The fraction of sp³-hybridized carbons (Fsp3) is 0.478. The Morgan fingerprint density at radius 3 is 2.19 bits per heavy atom. The Labute approximate surface area is 159 Å². The van der Waals surface area contributed by atoms with E-state index in [1.165, 1.54) is 48.9 Å². The average molecular weight is 373 g/mol. The molecule has 2 aromatic carbocycles. The van der Waals surface area contributed by atoms with Crippen LogP contribution in [0.5, 0.6) is 0 Å². The summed E-state index contributed by atoms with van der Waals surface area (Å²) in [7, 11) is 0. The maximum absolute atomic E-state index is 12.8. The molecule has 27 heavy (non-hydrogen) atoms. The SMILES string of the molecule is CC1(C)CN(C2CCCC2)Cc2cc(-c3ccc(C(F)(F)F)cc3)ccc21. The highest BCUT2D eigenvalue weighted by molar-refractivity contribution is 5.66. The summed E-state index contributed by atoms with van der Waals surface area (Å²) in [4.78, 5) is 2.62. The van der Waals surface area contributed by atoms with Gasteiger partial charge >= 0.3 is 6.18 Å². The van der Waals surface area contributed by atoms with Crippen LogP contribution in [0, 0.1) is 0 Å². The van der Waals surface area contributed by atoms with Crippen LogP contribution < -0.4 is 0 Å². The van der Waals surface area contributed by atoms with Gasteiger partial charge in [0.1, 0.15) is 0 Å². The topological polar surface area (TPSA) is 3.24 Å². The first kappa shape index (κ1) is 18.5. The third kappa shape index (κ3) is 3.64. The molecule has 1 aliphatic carbocycles. The summed E-state index contributed by atoms with van der Waals surface area (Å²) in [5.74, 6) is 0. The van der Waals surface area contributed by atoms with Crippen LogP contribution in [-0.4, -0.2) is 17.5 Å².